The number of phenolic OH excluding ortho intramolecular Hbond substituents is 1. The molecule has 0 aliphatic carbocycles. The minimum atomic E-state index is -0.210. The first-order chi connectivity index (χ1) is 8.79. The second-order valence-corrected chi connectivity index (χ2v) is 4.14. The Labute approximate surface area is 107 Å². The highest BCUT2D eigenvalue weighted by Crippen LogP contribution is 2.31. The molecule has 1 atom stereocenters. The Morgan fingerprint density at radius 3 is 3.00 bits per heavy atom. The number of ether oxygens (including phenoxy) is 3. The van der Waals surface area contributed by atoms with Crippen LogP contribution in [0, 0.1) is 0 Å². The second kappa shape index (κ2) is 6.31. The number of aromatic hydroxyl groups is 1. The molecule has 18 heavy (non-hydrogen) atoms. The van der Waals surface area contributed by atoms with Crippen molar-refractivity contribution < 1.29 is 19.3 Å². The molecule has 0 radical (unpaired) electrons. The van der Waals surface area contributed by atoms with E-state index >= 15 is 0 Å². The molecule has 0 spiro atoms. The van der Waals surface area contributed by atoms with Gasteiger partial charge in [0.2, 0.25) is 0 Å². The van der Waals surface area contributed by atoms with Crippen LogP contribution in [0.1, 0.15) is 19.3 Å². The van der Waals surface area contributed by atoms with Crippen LogP contribution in [-0.4, -0.2) is 24.6 Å². The van der Waals surface area contributed by atoms with Gasteiger partial charge in [-0.1, -0.05) is 12.7 Å². The van der Waals surface area contributed by atoms with Gasteiger partial charge < -0.3 is 19.3 Å². The predicted molar refractivity (Wildman–Crippen MR) is 68.0 cm³/mol. The lowest BCUT2D eigenvalue weighted by molar-refractivity contribution is -0.105. The van der Waals surface area contributed by atoms with E-state index < -0.39 is 0 Å². The maximum absolute atomic E-state index is 9.77. The van der Waals surface area contributed by atoms with Crippen LogP contribution in [0.25, 0.3) is 0 Å². The lowest BCUT2D eigenvalue weighted by atomic mass is 10.2. The molecule has 2 rings (SSSR count). The van der Waals surface area contributed by atoms with E-state index in [1.54, 1.807) is 18.2 Å². The number of rotatable bonds is 5. The minimum absolute atomic E-state index is 0.0603. The molecule has 0 saturated carbocycles. The summed E-state index contributed by atoms with van der Waals surface area (Å²) in [6.07, 6.45) is 4.49. The Bertz CT molecular complexity index is 397. The third-order valence-corrected chi connectivity index (χ3v) is 2.69. The molecule has 0 amide bonds. The average Bonchev–Trinajstić information content (AvgIpc) is 2.39. The maximum atomic E-state index is 9.77. The Morgan fingerprint density at radius 1 is 1.44 bits per heavy atom. The fraction of sp³-hybridized carbons (Fsp3) is 0.429. The fourth-order valence-electron chi connectivity index (χ4n) is 1.80. The Morgan fingerprint density at radius 2 is 2.33 bits per heavy atom. The molecule has 1 heterocycles. The normalized spacial score (nSPS) is 19.2. The van der Waals surface area contributed by atoms with E-state index in [0.29, 0.717) is 18.1 Å². The standard InChI is InChI=1S/C14H18O4/c1-2-8-16-13-7-6-11(10-12(13)15)18-14-5-3-4-9-17-14/h2,6-7,10,14-15H,1,3-5,8-9H2/t14-/m0/s1. The predicted octanol–water partition coefficient (Wildman–Crippen LogP) is 2.86. The second-order valence-electron chi connectivity index (χ2n) is 4.14. The Kier molecular flexibility index (Phi) is 4.47. The number of phenols is 1. The Balaban J connectivity index is 1.96. The molecule has 4 heteroatoms. The zero-order valence-electron chi connectivity index (χ0n) is 10.3. The van der Waals surface area contributed by atoms with E-state index in [-0.39, 0.29) is 12.0 Å². The lowest BCUT2D eigenvalue weighted by Crippen LogP contribution is -2.24. The molecule has 1 aliphatic rings. The van der Waals surface area contributed by atoms with Crippen molar-refractivity contribution in [3.8, 4) is 17.2 Å². The minimum Gasteiger partial charge on any atom is -0.504 e. The van der Waals surface area contributed by atoms with Gasteiger partial charge in [-0.3, -0.25) is 0 Å². The monoisotopic (exact) mass is 250 g/mol. The summed E-state index contributed by atoms with van der Waals surface area (Å²) in [7, 11) is 0. The first kappa shape index (κ1) is 12.8. The summed E-state index contributed by atoms with van der Waals surface area (Å²) in [5.41, 5.74) is 0. The van der Waals surface area contributed by atoms with Gasteiger partial charge in [0.05, 0.1) is 6.61 Å². The summed E-state index contributed by atoms with van der Waals surface area (Å²) in [5, 5.41) is 9.77. The van der Waals surface area contributed by atoms with Gasteiger partial charge in [0, 0.05) is 12.5 Å². The van der Waals surface area contributed by atoms with Crippen LogP contribution in [0.3, 0.4) is 0 Å². The fourth-order valence-corrected chi connectivity index (χ4v) is 1.80. The first-order valence-electron chi connectivity index (χ1n) is 6.14. The van der Waals surface area contributed by atoms with Crippen LogP contribution in [0.5, 0.6) is 17.2 Å². The van der Waals surface area contributed by atoms with Crippen molar-refractivity contribution in [1.29, 1.82) is 0 Å². The summed E-state index contributed by atoms with van der Waals surface area (Å²) in [6.45, 7) is 4.65. The van der Waals surface area contributed by atoms with Crippen molar-refractivity contribution in [3.05, 3.63) is 30.9 Å². The highest BCUT2D eigenvalue weighted by atomic mass is 16.7. The van der Waals surface area contributed by atoms with Gasteiger partial charge in [0.25, 0.3) is 0 Å². The van der Waals surface area contributed by atoms with E-state index in [2.05, 4.69) is 6.58 Å². The van der Waals surface area contributed by atoms with E-state index in [4.69, 9.17) is 14.2 Å². The highest BCUT2D eigenvalue weighted by Gasteiger charge is 2.15. The van der Waals surface area contributed by atoms with Gasteiger partial charge >= 0.3 is 0 Å². The van der Waals surface area contributed by atoms with Crippen LogP contribution >= 0.6 is 0 Å². The van der Waals surface area contributed by atoms with E-state index in [1.165, 1.54) is 6.07 Å². The Hall–Kier alpha value is -1.68. The van der Waals surface area contributed by atoms with Crippen molar-refractivity contribution in [1.82, 2.24) is 0 Å². The summed E-state index contributed by atoms with van der Waals surface area (Å²) < 4.78 is 16.4. The molecule has 1 aromatic rings. The molecule has 1 N–H and O–H groups in total. The van der Waals surface area contributed by atoms with E-state index in [0.717, 1.165) is 25.9 Å². The van der Waals surface area contributed by atoms with Gasteiger partial charge in [-0.2, -0.15) is 0 Å². The zero-order chi connectivity index (χ0) is 12.8. The number of benzene rings is 1. The van der Waals surface area contributed by atoms with Gasteiger partial charge in [0.15, 0.2) is 17.8 Å². The molecule has 4 nitrogen and oxygen atoms in total. The van der Waals surface area contributed by atoms with E-state index in [9.17, 15) is 5.11 Å². The molecular formula is C14H18O4. The molecular weight excluding hydrogens is 232 g/mol. The van der Waals surface area contributed by atoms with Crippen LogP contribution in [-0.2, 0) is 4.74 Å². The molecule has 1 aromatic carbocycles. The maximum Gasteiger partial charge on any atom is 0.199 e. The van der Waals surface area contributed by atoms with Gasteiger partial charge in [-0.05, 0) is 25.0 Å². The van der Waals surface area contributed by atoms with Crippen LogP contribution in [0.2, 0.25) is 0 Å². The van der Waals surface area contributed by atoms with Crippen molar-refractivity contribution in [3.63, 3.8) is 0 Å². The topological polar surface area (TPSA) is 47.9 Å². The average molecular weight is 250 g/mol. The quantitative estimate of drug-likeness (QED) is 0.816. The lowest BCUT2D eigenvalue weighted by Gasteiger charge is -2.23. The van der Waals surface area contributed by atoms with E-state index in [1.807, 2.05) is 0 Å². The van der Waals surface area contributed by atoms with Crippen LogP contribution in [0.15, 0.2) is 30.9 Å². The molecule has 1 aliphatic heterocycles. The first-order valence-corrected chi connectivity index (χ1v) is 6.14. The molecule has 0 bridgehead atoms. The van der Waals surface area contributed by atoms with Gasteiger partial charge in [0.1, 0.15) is 12.4 Å². The smallest absolute Gasteiger partial charge is 0.199 e. The third-order valence-electron chi connectivity index (χ3n) is 2.69. The number of hydrogen-bond donors (Lipinski definition) is 1. The van der Waals surface area contributed by atoms with Crippen LogP contribution < -0.4 is 9.47 Å². The number of hydrogen-bond acceptors (Lipinski definition) is 4. The summed E-state index contributed by atoms with van der Waals surface area (Å²) >= 11 is 0. The largest absolute Gasteiger partial charge is 0.504 e. The van der Waals surface area contributed by atoms with Gasteiger partial charge in [-0.25, -0.2) is 0 Å². The van der Waals surface area contributed by atoms with Crippen molar-refractivity contribution in [2.24, 2.45) is 0 Å². The van der Waals surface area contributed by atoms with Crippen molar-refractivity contribution in [2.75, 3.05) is 13.2 Å². The van der Waals surface area contributed by atoms with Gasteiger partial charge in [-0.15, -0.1) is 0 Å². The summed E-state index contributed by atoms with van der Waals surface area (Å²) in [6, 6.07) is 4.98. The summed E-state index contributed by atoms with van der Waals surface area (Å²) in [5.74, 6) is 1.07. The molecule has 0 aromatic heterocycles. The molecule has 98 valence electrons. The van der Waals surface area contributed by atoms with Crippen molar-refractivity contribution in [2.45, 2.75) is 25.6 Å². The third kappa shape index (κ3) is 3.40. The van der Waals surface area contributed by atoms with Crippen LogP contribution in [0.4, 0.5) is 0 Å². The van der Waals surface area contributed by atoms with Crippen molar-refractivity contribution >= 4 is 0 Å². The molecule has 1 fully saturated rings. The zero-order valence-corrected chi connectivity index (χ0v) is 10.3. The highest BCUT2D eigenvalue weighted by molar-refractivity contribution is 5.44. The molecule has 1 saturated heterocycles. The summed E-state index contributed by atoms with van der Waals surface area (Å²) in [4.78, 5) is 0. The molecule has 0 unspecified atom stereocenters. The SMILES string of the molecule is C=CCOc1ccc(O[C@H]2CCCCO2)cc1O.